The molecule has 0 saturated carbocycles. The minimum atomic E-state index is -0.190. The van der Waals surface area contributed by atoms with Crippen LogP contribution in [0, 0.1) is 16.5 Å². The molecule has 0 unspecified atom stereocenters. The summed E-state index contributed by atoms with van der Waals surface area (Å²) < 4.78 is 0.382. The standard InChI is InChI=1S/C5H2ClN3O/c6-5-4(3-7)8-1-2-9(5)10/h1-2H. The van der Waals surface area contributed by atoms with Gasteiger partial charge in [-0.2, -0.15) is 9.99 Å². The maximum atomic E-state index is 10.6. The summed E-state index contributed by atoms with van der Waals surface area (Å²) in [5, 5.41) is 18.7. The van der Waals surface area contributed by atoms with Crippen LogP contribution in [-0.4, -0.2) is 4.98 Å². The third-order valence-corrected chi connectivity index (χ3v) is 1.25. The van der Waals surface area contributed by atoms with Crippen molar-refractivity contribution in [1.29, 1.82) is 5.26 Å². The molecule has 4 nitrogen and oxygen atoms in total. The fourth-order valence-corrected chi connectivity index (χ4v) is 0.614. The average molecular weight is 156 g/mol. The SMILES string of the molecule is N#Cc1ncc[n+]([O-])c1Cl. The number of hydrogen-bond acceptors (Lipinski definition) is 3. The number of rotatable bonds is 0. The Morgan fingerprint density at radius 3 is 3.00 bits per heavy atom. The van der Waals surface area contributed by atoms with Gasteiger partial charge in [-0.05, 0) is 11.6 Å². The van der Waals surface area contributed by atoms with Gasteiger partial charge in [0.15, 0.2) is 6.20 Å². The molecule has 50 valence electrons. The molecule has 0 aliphatic heterocycles. The Kier molecular flexibility index (Phi) is 1.69. The first-order valence-electron chi connectivity index (χ1n) is 2.39. The zero-order valence-corrected chi connectivity index (χ0v) is 5.54. The number of nitriles is 1. The number of aromatic nitrogens is 2. The first-order valence-corrected chi connectivity index (χ1v) is 2.77. The van der Waals surface area contributed by atoms with Crippen molar-refractivity contribution in [2.75, 3.05) is 0 Å². The molecule has 1 aromatic rings. The normalized spacial score (nSPS) is 8.80. The number of halogens is 1. The third kappa shape index (κ3) is 0.993. The van der Waals surface area contributed by atoms with E-state index < -0.39 is 0 Å². The highest BCUT2D eigenvalue weighted by molar-refractivity contribution is 6.29. The van der Waals surface area contributed by atoms with Gasteiger partial charge in [0.05, 0.1) is 6.20 Å². The molecule has 0 bridgehead atoms. The summed E-state index contributed by atoms with van der Waals surface area (Å²) in [5.41, 5.74) is -0.0563. The first-order chi connectivity index (χ1) is 4.75. The Labute approximate surface area is 61.9 Å². The Morgan fingerprint density at radius 2 is 2.50 bits per heavy atom. The highest BCUT2D eigenvalue weighted by Crippen LogP contribution is 2.03. The summed E-state index contributed by atoms with van der Waals surface area (Å²) >= 11 is 5.36. The zero-order valence-electron chi connectivity index (χ0n) is 4.78. The van der Waals surface area contributed by atoms with Crippen LogP contribution in [0.25, 0.3) is 0 Å². The largest absolute Gasteiger partial charge is 0.618 e. The maximum absolute atomic E-state index is 10.6. The molecule has 0 spiro atoms. The molecule has 1 heterocycles. The van der Waals surface area contributed by atoms with Gasteiger partial charge >= 0.3 is 5.15 Å². The molecule has 1 aromatic heterocycles. The van der Waals surface area contributed by atoms with Crippen molar-refractivity contribution in [3.63, 3.8) is 0 Å². The van der Waals surface area contributed by atoms with Crippen LogP contribution in [0.1, 0.15) is 5.69 Å². The van der Waals surface area contributed by atoms with Gasteiger partial charge < -0.3 is 5.21 Å². The van der Waals surface area contributed by atoms with Gasteiger partial charge in [0.1, 0.15) is 6.07 Å². The van der Waals surface area contributed by atoms with E-state index in [1.807, 2.05) is 0 Å². The smallest absolute Gasteiger partial charge is 0.323 e. The zero-order chi connectivity index (χ0) is 7.56. The van der Waals surface area contributed by atoms with Gasteiger partial charge in [-0.15, -0.1) is 0 Å². The molecular weight excluding hydrogens is 154 g/mol. The van der Waals surface area contributed by atoms with Crippen molar-refractivity contribution < 1.29 is 4.73 Å². The molecule has 0 N–H and O–H groups in total. The van der Waals surface area contributed by atoms with Crippen molar-refractivity contribution in [3.05, 3.63) is 28.4 Å². The molecule has 0 saturated heterocycles. The third-order valence-electron chi connectivity index (χ3n) is 0.900. The lowest BCUT2D eigenvalue weighted by Gasteiger charge is -1.95. The minimum absolute atomic E-state index is 0.0563. The minimum Gasteiger partial charge on any atom is -0.618 e. The second-order valence-electron chi connectivity index (χ2n) is 1.50. The Balaban J connectivity index is 3.31. The second kappa shape index (κ2) is 2.50. The van der Waals surface area contributed by atoms with Crippen LogP contribution in [0.15, 0.2) is 12.4 Å². The van der Waals surface area contributed by atoms with Gasteiger partial charge in [-0.25, -0.2) is 4.98 Å². The van der Waals surface area contributed by atoms with Crippen molar-refractivity contribution in [2.24, 2.45) is 0 Å². The molecule has 5 heteroatoms. The molecule has 0 aliphatic carbocycles. The summed E-state index contributed by atoms with van der Waals surface area (Å²) in [7, 11) is 0. The van der Waals surface area contributed by atoms with Crippen LogP contribution in [0.3, 0.4) is 0 Å². The van der Waals surface area contributed by atoms with E-state index in [-0.39, 0.29) is 10.8 Å². The van der Waals surface area contributed by atoms with Crippen LogP contribution >= 0.6 is 11.6 Å². The monoisotopic (exact) mass is 155 g/mol. The summed E-state index contributed by atoms with van der Waals surface area (Å²) in [6.45, 7) is 0. The number of hydrogen-bond donors (Lipinski definition) is 0. The maximum Gasteiger partial charge on any atom is 0.323 e. The van der Waals surface area contributed by atoms with Crippen LogP contribution < -0.4 is 4.73 Å². The molecule has 0 atom stereocenters. The molecule has 10 heavy (non-hydrogen) atoms. The van der Waals surface area contributed by atoms with Crippen molar-refractivity contribution in [1.82, 2.24) is 4.98 Å². The quantitative estimate of drug-likeness (QED) is 0.398. The van der Waals surface area contributed by atoms with Gasteiger partial charge in [-0.3, -0.25) is 0 Å². The summed E-state index contributed by atoms with van der Waals surface area (Å²) in [6.07, 6.45) is 2.35. The topological polar surface area (TPSA) is 63.6 Å². The van der Waals surface area contributed by atoms with Crippen LogP contribution in [0.2, 0.25) is 5.15 Å². The lowest BCUT2D eigenvalue weighted by Crippen LogP contribution is -2.27. The van der Waals surface area contributed by atoms with E-state index >= 15 is 0 Å². The summed E-state index contributed by atoms with van der Waals surface area (Å²) in [6, 6.07) is 1.67. The van der Waals surface area contributed by atoms with Gasteiger partial charge in [0, 0.05) is 0 Å². The van der Waals surface area contributed by atoms with Crippen molar-refractivity contribution in [2.45, 2.75) is 0 Å². The molecule has 0 aromatic carbocycles. The van der Waals surface area contributed by atoms with Crippen LogP contribution in [0.5, 0.6) is 0 Å². The predicted octanol–water partition coefficient (Wildman–Crippen LogP) is 0.240. The second-order valence-corrected chi connectivity index (χ2v) is 1.86. The van der Waals surface area contributed by atoms with Gasteiger partial charge in [-0.1, -0.05) is 0 Å². The first kappa shape index (κ1) is 6.78. The van der Waals surface area contributed by atoms with E-state index in [1.54, 1.807) is 6.07 Å². The summed E-state index contributed by atoms with van der Waals surface area (Å²) in [5.74, 6) is 0. The van der Waals surface area contributed by atoms with Crippen molar-refractivity contribution in [3.8, 4) is 6.07 Å². The lowest BCUT2D eigenvalue weighted by atomic mass is 10.5. The number of nitrogens with zero attached hydrogens (tertiary/aromatic N) is 3. The molecule has 0 amide bonds. The Hall–Kier alpha value is -1.34. The average Bonchev–Trinajstić information content (AvgIpc) is 1.95. The van der Waals surface area contributed by atoms with E-state index in [2.05, 4.69) is 4.98 Å². The van der Waals surface area contributed by atoms with Gasteiger partial charge in [0.2, 0.25) is 5.69 Å². The lowest BCUT2D eigenvalue weighted by molar-refractivity contribution is -0.603. The molecule has 1 rings (SSSR count). The molecule has 0 aliphatic rings. The fraction of sp³-hybridized carbons (Fsp3) is 0. The Morgan fingerprint density at radius 1 is 1.80 bits per heavy atom. The van der Waals surface area contributed by atoms with E-state index in [0.717, 1.165) is 6.20 Å². The predicted molar refractivity (Wildman–Crippen MR) is 32.9 cm³/mol. The molecular formula is C5H2ClN3O. The van der Waals surface area contributed by atoms with E-state index in [0.29, 0.717) is 4.73 Å². The molecule has 0 radical (unpaired) electrons. The van der Waals surface area contributed by atoms with E-state index in [1.165, 1.54) is 6.20 Å². The van der Waals surface area contributed by atoms with E-state index in [9.17, 15) is 5.21 Å². The van der Waals surface area contributed by atoms with Crippen LogP contribution in [-0.2, 0) is 0 Å². The molecule has 0 fully saturated rings. The highest BCUT2D eigenvalue weighted by atomic mass is 35.5. The Bertz CT molecular complexity index is 293. The van der Waals surface area contributed by atoms with Gasteiger partial charge in [0.25, 0.3) is 0 Å². The van der Waals surface area contributed by atoms with Crippen LogP contribution in [0.4, 0.5) is 0 Å². The highest BCUT2D eigenvalue weighted by Gasteiger charge is 2.08. The van der Waals surface area contributed by atoms with Crippen molar-refractivity contribution >= 4 is 11.6 Å². The van der Waals surface area contributed by atoms with E-state index in [4.69, 9.17) is 16.9 Å². The fourth-order valence-electron chi connectivity index (χ4n) is 0.466. The summed E-state index contributed by atoms with van der Waals surface area (Å²) in [4.78, 5) is 3.54.